The lowest BCUT2D eigenvalue weighted by atomic mass is 10.1. The summed E-state index contributed by atoms with van der Waals surface area (Å²) in [6.45, 7) is 5.71. The summed E-state index contributed by atoms with van der Waals surface area (Å²) in [7, 11) is 0. The Kier molecular flexibility index (Phi) is 4.59. The molecule has 3 nitrogen and oxygen atoms in total. The lowest BCUT2D eigenvalue weighted by molar-refractivity contribution is 0.0696. The topological polar surface area (TPSA) is 57.5 Å². The summed E-state index contributed by atoms with van der Waals surface area (Å²) in [6.07, 6.45) is 0. The van der Waals surface area contributed by atoms with Crippen molar-refractivity contribution < 1.29 is 15.0 Å². The van der Waals surface area contributed by atoms with Crippen LogP contribution >= 0.6 is 0 Å². The maximum absolute atomic E-state index is 10.4. The van der Waals surface area contributed by atoms with Crippen LogP contribution in [0.1, 0.15) is 29.8 Å². The van der Waals surface area contributed by atoms with Crippen LogP contribution in [0.2, 0.25) is 0 Å². The fourth-order valence-electron chi connectivity index (χ4n) is 0.742. The van der Waals surface area contributed by atoms with Gasteiger partial charge >= 0.3 is 5.97 Å². The second kappa shape index (κ2) is 5.19. The number of carbonyl (C=O) groups is 1. The van der Waals surface area contributed by atoms with Crippen LogP contribution in [-0.2, 0) is 0 Å². The molecule has 0 unspecified atom stereocenters. The molecule has 0 aliphatic heterocycles. The molecule has 0 radical (unpaired) electrons. The van der Waals surface area contributed by atoms with Crippen LogP contribution in [-0.4, -0.2) is 16.2 Å². The maximum atomic E-state index is 10.4. The van der Waals surface area contributed by atoms with Gasteiger partial charge in [0.1, 0.15) is 5.75 Å². The van der Waals surface area contributed by atoms with Crippen molar-refractivity contribution in [2.45, 2.75) is 20.8 Å². The molecule has 0 saturated carbocycles. The number of aryl methyl sites for hydroxylation is 1. The van der Waals surface area contributed by atoms with Gasteiger partial charge in [0.25, 0.3) is 0 Å². The van der Waals surface area contributed by atoms with Crippen molar-refractivity contribution in [3.05, 3.63) is 29.3 Å². The van der Waals surface area contributed by atoms with Crippen LogP contribution in [0.5, 0.6) is 5.75 Å². The zero-order chi connectivity index (χ0) is 10.4. The first-order chi connectivity index (χ1) is 6.11. The highest BCUT2D eigenvalue weighted by Gasteiger charge is 2.03. The Hall–Kier alpha value is -1.51. The lowest BCUT2D eigenvalue weighted by Gasteiger charge is -1.98. The minimum Gasteiger partial charge on any atom is -0.508 e. The average molecular weight is 182 g/mol. The van der Waals surface area contributed by atoms with Gasteiger partial charge in [-0.25, -0.2) is 4.79 Å². The van der Waals surface area contributed by atoms with E-state index in [9.17, 15) is 4.79 Å². The smallest absolute Gasteiger partial charge is 0.335 e. The third-order valence-electron chi connectivity index (χ3n) is 1.46. The van der Waals surface area contributed by atoms with E-state index in [1.165, 1.54) is 12.1 Å². The average Bonchev–Trinajstić information content (AvgIpc) is 2.13. The van der Waals surface area contributed by atoms with Crippen LogP contribution in [0.4, 0.5) is 0 Å². The first-order valence-corrected chi connectivity index (χ1v) is 4.14. The van der Waals surface area contributed by atoms with E-state index in [1.807, 2.05) is 13.8 Å². The first-order valence-electron chi connectivity index (χ1n) is 4.14. The first kappa shape index (κ1) is 11.5. The van der Waals surface area contributed by atoms with Gasteiger partial charge in [-0.05, 0) is 24.6 Å². The molecule has 2 N–H and O–H groups in total. The van der Waals surface area contributed by atoms with Gasteiger partial charge in [-0.2, -0.15) is 0 Å². The summed E-state index contributed by atoms with van der Waals surface area (Å²) >= 11 is 0. The third kappa shape index (κ3) is 3.15. The molecule has 0 fully saturated rings. The largest absolute Gasteiger partial charge is 0.508 e. The van der Waals surface area contributed by atoms with Gasteiger partial charge in [0.05, 0.1) is 5.56 Å². The van der Waals surface area contributed by atoms with E-state index in [0.717, 1.165) is 0 Å². The predicted molar refractivity (Wildman–Crippen MR) is 51.2 cm³/mol. The van der Waals surface area contributed by atoms with Crippen LogP contribution < -0.4 is 0 Å². The van der Waals surface area contributed by atoms with Crippen molar-refractivity contribution in [1.29, 1.82) is 0 Å². The molecule has 0 saturated heterocycles. The lowest BCUT2D eigenvalue weighted by Crippen LogP contribution is -1.95. The molecule has 72 valence electrons. The molecule has 3 heteroatoms. The zero-order valence-electron chi connectivity index (χ0n) is 8.03. The molecule has 0 aliphatic rings. The van der Waals surface area contributed by atoms with Crippen molar-refractivity contribution in [2.75, 3.05) is 0 Å². The van der Waals surface area contributed by atoms with Gasteiger partial charge in [0.15, 0.2) is 0 Å². The molecule has 0 atom stereocenters. The maximum Gasteiger partial charge on any atom is 0.335 e. The zero-order valence-corrected chi connectivity index (χ0v) is 8.03. The number of aromatic hydroxyl groups is 1. The van der Waals surface area contributed by atoms with Gasteiger partial charge in [0.2, 0.25) is 0 Å². The van der Waals surface area contributed by atoms with Crippen LogP contribution in [0, 0.1) is 6.92 Å². The third-order valence-corrected chi connectivity index (χ3v) is 1.46. The fourth-order valence-corrected chi connectivity index (χ4v) is 0.742. The summed E-state index contributed by atoms with van der Waals surface area (Å²) in [5.74, 6) is -1.01. The molecule has 0 bridgehead atoms. The predicted octanol–water partition coefficient (Wildman–Crippen LogP) is 2.43. The Morgan fingerprint density at radius 2 is 1.85 bits per heavy atom. The number of aromatic carboxylic acids is 1. The second-order valence-corrected chi connectivity index (χ2v) is 2.31. The van der Waals surface area contributed by atoms with Crippen molar-refractivity contribution in [3.63, 3.8) is 0 Å². The Labute approximate surface area is 77.6 Å². The monoisotopic (exact) mass is 182 g/mol. The Morgan fingerprint density at radius 3 is 2.23 bits per heavy atom. The summed E-state index contributed by atoms with van der Waals surface area (Å²) in [4.78, 5) is 10.4. The van der Waals surface area contributed by atoms with Gasteiger partial charge in [-0.3, -0.25) is 0 Å². The van der Waals surface area contributed by atoms with E-state index >= 15 is 0 Å². The number of hydrogen-bond donors (Lipinski definition) is 2. The molecule has 1 rings (SSSR count). The number of hydrogen-bond acceptors (Lipinski definition) is 2. The molecule has 0 heterocycles. The van der Waals surface area contributed by atoms with Crippen molar-refractivity contribution >= 4 is 5.97 Å². The highest BCUT2D eigenvalue weighted by atomic mass is 16.4. The van der Waals surface area contributed by atoms with E-state index in [-0.39, 0.29) is 11.3 Å². The molecule has 1 aromatic rings. The molecular formula is C10H14O3. The van der Waals surface area contributed by atoms with E-state index in [2.05, 4.69) is 0 Å². The molecular weight excluding hydrogens is 168 g/mol. The quantitative estimate of drug-likeness (QED) is 0.701. The highest BCUT2D eigenvalue weighted by molar-refractivity contribution is 5.88. The SMILES string of the molecule is CC.Cc1ccc(C(=O)O)cc1O. The summed E-state index contributed by atoms with van der Waals surface area (Å²) < 4.78 is 0. The number of benzene rings is 1. The van der Waals surface area contributed by atoms with Gasteiger partial charge in [0, 0.05) is 0 Å². The fraction of sp³-hybridized carbons (Fsp3) is 0.300. The van der Waals surface area contributed by atoms with Gasteiger partial charge in [-0.1, -0.05) is 19.9 Å². The second-order valence-electron chi connectivity index (χ2n) is 2.31. The molecule has 0 aliphatic carbocycles. The van der Waals surface area contributed by atoms with Gasteiger partial charge in [-0.15, -0.1) is 0 Å². The summed E-state index contributed by atoms with van der Waals surface area (Å²) in [5, 5.41) is 17.6. The Morgan fingerprint density at radius 1 is 1.31 bits per heavy atom. The van der Waals surface area contributed by atoms with Crippen molar-refractivity contribution in [1.82, 2.24) is 0 Å². The van der Waals surface area contributed by atoms with E-state index < -0.39 is 5.97 Å². The highest BCUT2D eigenvalue weighted by Crippen LogP contribution is 2.16. The normalized spacial score (nSPS) is 8.54. The van der Waals surface area contributed by atoms with E-state index in [4.69, 9.17) is 10.2 Å². The van der Waals surface area contributed by atoms with Crippen molar-refractivity contribution in [3.8, 4) is 5.75 Å². The molecule has 13 heavy (non-hydrogen) atoms. The Bertz CT molecular complexity index is 292. The summed E-state index contributed by atoms with van der Waals surface area (Å²) in [6, 6.07) is 4.26. The van der Waals surface area contributed by atoms with E-state index in [0.29, 0.717) is 5.56 Å². The molecule has 0 amide bonds. The van der Waals surface area contributed by atoms with E-state index in [1.54, 1.807) is 13.0 Å². The standard InChI is InChI=1S/C8H8O3.C2H6/c1-5-2-3-6(8(10)11)4-7(5)9;1-2/h2-4,9H,1H3,(H,10,11);1-2H3. The Balaban J connectivity index is 0.000000671. The van der Waals surface area contributed by atoms with Crippen LogP contribution in [0.3, 0.4) is 0 Å². The van der Waals surface area contributed by atoms with Gasteiger partial charge < -0.3 is 10.2 Å². The number of carboxylic acid groups (broad SMARTS) is 1. The number of phenols is 1. The molecule has 0 spiro atoms. The number of carboxylic acids is 1. The summed E-state index contributed by atoms with van der Waals surface area (Å²) in [5.41, 5.74) is 0.781. The minimum atomic E-state index is -1.03. The number of rotatable bonds is 1. The molecule has 0 aromatic heterocycles. The van der Waals surface area contributed by atoms with Crippen molar-refractivity contribution in [2.24, 2.45) is 0 Å². The van der Waals surface area contributed by atoms with Crippen LogP contribution in [0.25, 0.3) is 0 Å². The number of phenolic OH excluding ortho intramolecular Hbond substituents is 1. The molecule has 1 aromatic carbocycles. The van der Waals surface area contributed by atoms with Crippen LogP contribution in [0.15, 0.2) is 18.2 Å². The minimum absolute atomic E-state index is 0.0184.